The van der Waals surface area contributed by atoms with E-state index in [1.165, 1.54) is 0 Å². The number of amides is 2. The lowest BCUT2D eigenvalue weighted by Gasteiger charge is -2.33. The summed E-state index contributed by atoms with van der Waals surface area (Å²) in [6.07, 6.45) is 9.39. The van der Waals surface area contributed by atoms with Gasteiger partial charge in [-0.15, -0.1) is 0 Å². The zero-order chi connectivity index (χ0) is 30.8. The average Bonchev–Trinajstić information content (AvgIpc) is 3.79. The van der Waals surface area contributed by atoms with Crippen molar-refractivity contribution in [2.45, 2.75) is 68.9 Å². The number of carbonyl (C=O) groups excluding carboxylic acids is 2. The molecule has 4 rings (SSSR count). The van der Waals surface area contributed by atoms with E-state index in [9.17, 15) is 24.0 Å². The van der Waals surface area contributed by atoms with Crippen molar-refractivity contribution >= 4 is 35.5 Å². The largest absolute Gasteiger partial charge is 0.481 e. The van der Waals surface area contributed by atoms with E-state index in [0.29, 0.717) is 11.4 Å². The molecule has 2 aliphatic carbocycles. The highest BCUT2D eigenvalue weighted by molar-refractivity contribution is 5.95. The summed E-state index contributed by atoms with van der Waals surface area (Å²) in [7, 11) is 0. The standard InChI is InChI=1S/C23H24N4O2.C6H8O7/c28-21(18-7-8-18)26-20-9-6-17(15-25-20)10-13-23(11-2-1-3-12-23)27-22(29)19-5-4-14-24-16-19;7-3(8)1-6(13,5(11)12)2-4(9)10/h4-6,9,14-16,18H,1-3,7-8,11-12H2,(H,27,29)(H,25,26,28);13H,1-2H2,(H,7,8)(H,9,10)(H,11,12). The Morgan fingerprint density at radius 3 is 2.12 bits per heavy atom. The van der Waals surface area contributed by atoms with E-state index in [1.807, 2.05) is 6.07 Å². The lowest BCUT2D eigenvalue weighted by molar-refractivity contribution is -0.170. The van der Waals surface area contributed by atoms with Gasteiger partial charge in [-0.1, -0.05) is 31.1 Å². The highest BCUT2D eigenvalue weighted by Gasteiger charge is 2.40. The van der Waals surface area contributed by atoms with Gasteiger partial charge in [-0.25, -0.2) is 9.78 Å². The van der Waals surface area contributed by atoms with Crippen LogP contribution in [0.5, 0.6) is 0 Å². The van der Waals surface area contributed by atoms with E-state index in [0.717, 1.165) is 50.5 Å². The van der Waals surface area contributed by atoms with E-state index in [4.69, 9.17) is 20.4 Å². The molecular weight excluding hydrogens is 548 g/mol. The van der Waals surface area contributed by atoms with Crippen molar-refractivity contribution in [3.05, 3.63) is 54.0 Å². The molecule has 0 unspecified atom stereocenters. The van der Waals surface area contributed by atoms with E-state index in [-0.39, 0.29) is 17.7 Å². The normalized spacial score (nSPS) is 15.5. The third kappa shape index (κ3) is 9.67. The third-order valence-electron chi connectivity index (χ3n) is 6.68. The van der Waals surface area contributed by atoms with Gasteiger partial charge in [0.1, 0.15) is 11.4 Å². The van der Waals surface area contributed by atoms with E-state index < -0.39 is 41.9 Å². The van der Waals surface area contributed by atoms with Crippen LogP contribution in [0.3, 0.4) is 0 Å². The number of aliphatic carboxylic acids is 3. The Balaban J connectivity index is 0.000000316. The maximum atomic E-state index is 12.7. The molecule has 0 aromatic carbocycles. The fourth-order valence-corrected chi connectivity index (χ4v) is 4.24. The number of nitrogens with zero attached hydrogens (tertiary/aromatic N) is 2. The predicted molar refractivity (Wildman–Crippen MR) is 147 cm³/mol. The molecule has 2 aliphatic rings. The Morgan fingerprint density at radius 1 is 0.952 bits per heavy atom. The van der Waals surface area contributed by atoms with Crippen LogP contribution in [0.15, 0.2) is 42.9 Å². The van der Waals surface area contributed by atoms with Crippen molar-refractivity contribution in [3.8, 4) is 11.8 Å². The molecular formula is C29H32N4O9. The molecule has 0 bridgehead atoms. The molecule has 2 aromatic heterocycles. The van der Waals surface area contributed by atoms with Crippen molar-refractivity contribution in [3.63, 3.8) is 0 Å². The molecule has 13 nitrogen and oxygen atoms in total. The minimum Gasteiger partial charge on any atom is -0.481 e. The zero-order valence-electron chi connectivity index (χ0n) is 22.7. The smallest absolute Gasteiger partial charge is 0.336 e. The molecule has 13 heteroatoms. The van der Waals surface area contributed by atoms with Gasteiger partial charge >= 0.3 is 17.9 Å². The highest BCUT2D eigenvalue weighted by Crippen LogP contribution is 2.30. The van der Waals surface area contributed by atoms with Gasteiger partial charge in [0, 0.05) is 30.1 Å². The molecule has 0 atom stereocenters. The summed E-state index contributed by atoms with van der Waals surface area (Å²) < 4.78 is 0. The SMILES string of the molecule is O=C(NC1(C#Cc2ccc(NC(=O)C3CC3)nc2)CCCCC1)c1cccnc1.O=C(O)CC(O)(CC(=O)O)C(=O)O. The summed E-state index contributed by atoms with van der Waals surface area (Å²) in [6, 6.07) is 7.13. The second-order valence-electron chi connectivity index (χ2n) is 10.3. The first kappa shape index (κ1) is 31.7. The van der Waals surface area contributed by atoms with Crippen LogP contribution in [0.2, 0.25) is 0 Å². The molecule has 222 valence electrons. The second kappa shape index (κ2) is 14.2. The van der Waals surface area contributed by atoms with Crippen LogP contribution in [-0.4, -0.2) is 71.3 Å². The molecule has 0 saturated heterocycles. The van der Waals surface area contributed by atoms with Crippen LogP contribution in [-0.2, 0) is 19.2 Å². The summed E-state index contributed by atoms with van der Waals surface area (Å²) in [5, 5.41) is 39.8. The molecule has 6 N–H and O–H groups in total. The zero-order valence-corrected chi connectivity index (χ0v) is 22.7. The van der Waals surface area contributed by atoms with E-state index in [1.54, 1.807) is 36.8 Å². The van der Waals surface area contributed by atoms with Gasteiger partial charge in [-0.05, 0) is 49.9 Å². The van der Waals surface area contributed by atoms with Gasteiger partial charge < -0.3 is 31.1 Å². The summed E-state index contributed by atoms with van der Waals surface area (Å²) in [5.41, 5.74) is -1.98. The van der Waals surface area contributed by atoms with Crippen molar-refractivity contribution < 1.29 is 44.4 Å². The first-order chi connectivity index (χ1) is 19.9. The molecule has 2 aromatic rings. The number of aromatic nitrogens is 2. The maximum Gasteiger partial charge on any atom is 0.336 e. The van der Waals surface area contributed by atoms with Gasteiger partial charge in [0.15, 0.2) is 5.60 Å². The summed E-state index contributed by atoms with van der Waals surface area (Å²) in [4.78, 5) is 63.3. The second-order valence-corrected chi connectivity index (χ2v) is 10.3. The number of hydrogen-bond acceptors (Lipinski definition) is 8. The number of carbonyl (C=O) groups is 5. The lowest BCUT2D eigenvalue weighted by Crippen LogP contribution is -2.48. The first-order valence-corrected chi connectivity index (χ1v) is 13.3. The number of hydrogen-bond donors (Lipinski definition) is 6. The molecule has 2 amide bonds. The quantitative estimate of drug-likeness (QED) is 0.236. The fraction of sp³-hybridized carbons (Fsp3) is 0.414. The van der Waals surface area contributed by atoms with Crippen LogP contribution >= 0.6 is 0 Å². The van der Waals surface area contributed by atoms with E-state index >= 15 is 0 Å². The third-order valence-corrected chi connectivity index (χ3v) is 6.68. The predicted octanol–water partition coefficient (Wildman–Crippen LogP) is 2.06. The summed E-state index contributed by atoms with van der Waals surface area (Å²) >= 11 is 0. The first-order valence-electron chi connectivity index (χ1n) is 13.3. The number of rotatable bonds is 9. The van der Waals surface area contributed by atoms with Crippen molar-refractivity contribution in [2.24, 2.45) is 5.92 Å². The Bertz CT molecular complexity index is 1340. The molecule has 2 fully saturated rings. The summed E-state index contributed by atoms with van der Waals surface area (Å²) in [6.45, 7) is 0. The van der Waals surface area contributed by atoms with Crippen molar-refractivity contribution in [1.29, 1.82) is 0 Å². The number of carboxylic acid groups (broad SMARTS) is 3. The number of nitrogens with one attached hydrogen (secondary N) is 2. The number of pyridine rings is 2. The minimum absolute atomic E-state index is 0.0376. The van der Waals surface area contributed by atoms with E-state index in [2.05, 4.69) is 32.4 Å². The monoisotopic (exact) mass is 580 g/mol. The molecule has 0 spiro atoms. The van der Waals surface area contributed by atoms with Crippen LogP contribution < -0.4 is 10.6 Å². The lowest BCUT2D eigenvalue weighted by atomic mass is 9.81. The Labute approximate surface area is 241 Å². The average molecular weight is 581 g/mol. The van der Waals surface area contributed by atoms with Crippen LogP contribution in [0.1, 0.15) is 73.7 Å². The molecule has 2 heterocycles. The highest BCUT2D eigenvalue weighted by atomic mass is 16.4. The Hall–Kier alpha value is -4.83. The van der Waals surface area contributed by atoms with Crippen molar-refractivity contribution in [1.82, 2.24) is 15.3 Å². The topological polar surface area (TPSA) is 216 Å². The van der Waals surface area contributed by atoms with Crippen LogP contribution in [0.25, 0.3) is 0 Å². The number of aliphatic hydroxyl groups is 1. The number of carboxylic acids is 3. The Kier molecular flexibility index (Phi) is 10.7. The van der Waals surface area contributed by atoms with Crippen LogP contribution in [0, 0.1) is 17.8 Å². The van der Waals surface area contributed by atoms with Gasteiger partial charge in [0.2, 0.25) is 5.91 Å². The van der Waals surface area contributed by atoms with Gasteiger partial charge in [0.25, 0.3) is 5.91 Å². The van der Waals surface area contributed by atoms with Gasteiger partial charge in [-0.2, -0.15) is 0 Å². The molecule has 42 heavy (non-hydrogen) atoms. The van der Waals surface area contributed by atoms with Crippen molar-refractivity contribution in [2.75, 3.05) is 5.32 Å². The minimum atomic E-state index is -2.74. The molecule has 0 aliphatic heterocycles. The number of anilines is 1. The fourth-order valence-electron chi connectivity index (χ4n) is 4.24. The van der Waals surface area contributed by atoms with Crippen LogP contribution in [0.4, 0.5) is 5.82 Å². The molecule has 2 saturated carbocycles. The Morgan fingerprint density at radius 2 is 1.62 bits per heavy atom. The summed E-state index contributed by atoms with van der Waals surface area (Å²) in [5.74, 6) is 2.04. The maximum absolute atomic E-state index is 12.7. The molecule has 0 radical (unpaired) electrons. The van der Waals surface area contributed by atoms with Gasteiger partial charge in [-0.3, -0.25) is 24.2 Å². The van der Waals surface area contributed by atoms with Gasteiger partial charge in [0.05, 0.1) is 18.4 Å².